The number of hydrogen-bond acceptors (Lipinski definition) is 1. The molecular formula is C16H33NO. The largest absolute Gasteiger partial charge is 0.356 e. The fraction of sp³-hybridized carbons (Fsp3) is 0.938. The highest BCUT2D eigenvalue weighted by Gasteiger charge is 1.95. The number of rotatable bonds is 12. The van der Waals surface area contributed by atoms with Gasteiger partial charge in [0.05, 0.1) is 0 Å². The van der Waals surface area contributed by atoms with Crippen molar-refractivity contribution in [1.82, 2.24) is 5.32 Å². The van der Waals surface area contributed by atoms with Crippen molar-refractivity contribution in [2.24, 2.45) is 5.92 Å². The summed E-state index contributed by atoms with van der Waals surface area (Å²) in [5.74, 6) is 0.963. The molecule has 2 heteroatoms. The molecule has 2 nitrogen and oxygen atoms in total. The van der Waals surface area contributed by atoms with E-state index in [1.807, 2.05) is 0 Å². The van der Waals surface area contributed by atoms with Crippen LogP contribution in [0.25, 0.3) is 0 Å². The Morgan fingerprint density at radius 3 is 1.72 bits per heavy atom. The van der Waals surface area contributed by atoms with E-state index in [4.69, 9.17) is 0 Å². The molecule has 0 bridgehead atoms. The van der Waals surface area contributed by atoms with Gasteiger partial charge < -0.3 is 5.32 Å². The maximum absolute atomic E-state index is 10.6. The van der Waals surface area contributed by atoms with Crippen LogP contribution < -0.4 is 5.32 Å². The summed E-state index contributed by atoms with van der Waals surface area (Å²) in [5.41, 5.74) is 0. The molecule has 0 aliphatic rings. The average Bonchev–Trinajstić information content (AvgIpc) is 2.29. The molecular weight excluding hydrogens is 222 g/mol. The Morgan fingerprint density at radius 2 is 1.28 bits per heavy atom. The van der Waals surface area contributed by atoms with Crippen LogP contribution in [0.5, 0.6) is 0 Å². The Morgan fingerprint density at radius 1 is 0.833 bits per heavy atom. The summed E-state index contributed by atoms with van der Waals surface area (Å²) >= 11 is 0. The lowest BCUT2D eigenvalue weighted by Crippen LogP contribution is -2.20. The first-order valence-electron chi connectivity index (χ1n) is 7.87. The summed E-state index contributed by atoms with van der Waals surface area (Å²) in [6.45, 7) is 7.05. The topological polar surface area (TPSA) is 29.1 Å². The van der Waals surface area contributed by atoms with E-state index in [-0.39, 0.29) is 5.91 Å². The van der Waals surface area contributed by atoms with Crippen molar-refractivity contribution in [3.8, 4) is 0 Å². The van der Waals surface area contributed by atoms with Gasteiger partial charge in [0.2, 0.25) is 5.91 Å². The molecule has 0 aromatic carbocycles. The van der Waals surface area contributed by atoms with Gasteiger partial charge in [0, 0.05) is 13.5 Å². The van der Waals surface area contributed by atoms with Gasteiger partial charge in [-0.3, -0.25) is 4.79 Å². The Kier molecular flexibility index (Phi) is 12.5. The minimum atomic E-state index is 0.0939. The first-order chi connectivity index (χ1) is 8.63. The van der Waals surface area contributed by atoms with Crippen molar-refractivity contribution in [2.75, 3.05) is 6.54 Å². The van der Waals surface area contributed by atoms with Gasteiger partial charge in [-0.05, 0) is 12.3 Å². The van der Waals surface area contributed by atoms with E-state index in [0.717, 1.165) is 18.9 Å². The predicted octanol–water partition coefficient (Wildman–Crippen LogP) is 4.68. The highest BCUT2D eigenvalue weighted by atomic mass is 16.1. The Labute approximate surface area is 114 Å². The molecule has 0 fully saturated rings. The number of unbranched alkanes of at least 4 members (excludes halogenated alkanes) is 8. The van der Waals surface area contributed by atoms with Crippen molar-refractivity contribution in [2.45, 2.75) is 85.0 Å². The van der Waals surface area contributed by atoms with Crippen LogP contribution in [0.3, 0.4) is 0 Å². The van der Waals surface area contributed by atoms with E-state index < -0.39 is 0 Å². The minimum absolute atomic E-state index is 0.0939. The van der Waals surface area contributed by atoms with E-state index in [0.29, 0.717) is 0 Å². The highest BCUT2D eigenvalue weighted by Crippen LogP contribution is 2.12. The highest BCUT2D eigenvalue weighted by molar-refractivity contribution is 5.72. The normalized spacial score (nSPS) is 10.9. The molecule has 0 saturated carbocycles. The molecule has 0 rings (SSSR count). The molecule has 0 unspecified atom stereocenters. The minimum Gasteiger partial charge on any atom is -0.356 e. The van der Waals surface area contributed by atoms with Gasteiger partial charge in [0.25, 0.3) is 0 Å². The average molecular weight is 255 g/mol. The molecule has 0 aliphatic heterocycles. The molecule has 1 N–H and O–H groups in total. The van der Waals surface area contributed by atoms with E-state index in [2.05, 4.69) is 19.2 Å². The van der Waals surface area contributed by atoms with E-state index in [1.165, 1.54) is 57.8 Å². The Hall–Kier alpha value is -0.530. The van der Waals surface area contributed by atoms with E-state index in [1.54, 1.807) is 6.92 Å². The molecule has 0 aromatic heterocycles. The van der Waals surface area contributed by atoms with Crippen molar-refractivity contribution in [1.29, 1.82) is 0 Å². The number of carbonyl (C=O) groups excluding carboxylic acids is 1. The van der Waals surface area contributed by atoms with Crippen molar-refractivity contribution in [3.05, 3.63) is 0 Å². The maximum atomic E-state index is 10.6. The van der Waals surface area contributed by atoms with Crippen molar-refractivity contribution < 1.29 is 4.79 Å². The van der Waals surface area contributed by atoms with E-state index >= 15 is 0 Å². The summed E-state index contributed by atoms with van der Waals surface area (Å²) in [7, 11) is 0. The van der Waals surface area contributed by atoms with Crippen LogP contribution in [0.1, 0.15) is 85.0 Å². The third-order valence-electron chi connectivity index (χ3n) is 3.33. The second-order valence-electron chi connectivity index (χ2n) is 5.85. The molecule has 1 amide bonds. The first kappa shape index (κ1) is 17.5. The van der Waals surface area contributed by atoms with Gasteiger partial charge in [-0.1, -0.05) is 71.6 Å². The van der Waals surface area contributed by atoms with Gasteiger partial charge in [-0.15, -0.1) is 0 Å². The van der Waals surface area contributed by atoms with Crippen LogP contribution in [0.15, 0.2) is 0 Å². The third kappa shape index (κ3) is 15.5. The Balaban J connectivity index is 2.97. The van der Waals surface area contributed by atoms with Gasteiger partial charge in [-0.2, -0.15) is 0 Å². The van der Waals surface area contributed by atoms with Gasteiger partial charge in [-0.25, -0.2) is 0 Å². The van der Waals surface area contributed by atoms with Crippen molar-refractivity contribution >= 4 is 5.91 Å². The maximum Gasteiger partial charge on any atom is 0.216 e. The molecule has 0 aromatic rings. The molecule has 0 heterocycles. The van der Waals surface area contributed by atoms with Gasteiger partial charge in [0.1, 0.15) is 0 Å². The fourth-order valence-corrected chi connectivity index (χ4v) is 2.18. The zero-order valence-electron chi connectivity index (χ0n) is 12.8. The molecule has 0 aliphatic carbocycles. The van der Waals surface area contributed by atoms with Crippen LogP contribution in [-0.2, 0) is 4.79 Å². The van der Waals surface area contributed by atoms with Crippen LogP contribution >= 0.6 is 0 Å². The lowest BCUT2D eigenvalue weighted by atomic mass is 10.0. The molecule has 0 radical (unpaired) electrons. The number of hydrogen-bond donors (Lipinski definition) is 1. The monoisotopic (exact) mass is 255 g/mol. The van der Waals surface area contributed by atoms with Crippen LogP contribution in [0.2, 0.25) is 0 Å². The second kappa shape index (κ2) is 12.9. The molecule has 18 heavy (non-hydrogen) atoms. The number of amides is 1. The quantitative estimate of drug-likeness (QED) is 0.504. The van der Waals surface area contributed by atoms with E-state index in [9.17, 15) is 4.79 Å². The zero-order valence-corrected chi connectivity index (χ0v) is 12.8. The summed E-state index contributed by atoms with van der Waals surface area (Å²) in [4.78, 5) is 10.6. The molecule has 0 saturated heterocycles. The SMILES string of the molecule is CC(=O)NCCCCCCCCCCCC(C)C. The standard InChI is InChI=1S/C16H33NO/c1-15(2)13-11-9-7-5-4-6-8-10-12-14-17-16(3)18/h15H,4-14H2,1-3H3,(H,17,18). The van der Waals surface area contributed by atoms with Crippen LogP contribution in [0, 0.1) is 5.92 Å². The number of nitrogens with one attached hydrogen (secondary N) is 1. The molecule has 108 valence electrons. The number of carbonyl (C=O) groups is 1. The third-order valence-corrected chi connectivity index (χ3v) is 3.33. The molecule has 0 atom stereocenters. The fourth-order valence-electron chi connectivity index (χ4n) is 2.18. The van der Waals surface area contributed by atoms with Gasteiger partial charge >= 0.3 is 0 Å². The first-order valence-corrected chi connectivity index (χ1v) is 7.87. The lowest BCUT2D eigenvalue weighted by molar-refractivity contribution is -0.118. The molecule has 0 spiro atoms. The summed E-state index contributed by atoms with van der Waals surface area (Å²) in [5, 5.41) is 2.84. The predicted molar refractivity (Wildman–Crippen MR) is 79.7 cm³/mol. The summed E-state index contributed by atoms with van der Waals surface area (Å²) in [6.07, 6.45) is 13.5. The van der Waals surface area contributed by atoms with Crippen molar-refractivity contribution in [3.63, 3.8) is 0 Å². The lowest BCUT2D eigenvalue weighted by Gasteiger charge is -2.05. The zero-order chi connectivity index (χ0) is 13.6. The van der Waals surface area contributed by atoms with Crippen LogP contribution in [-0.4, -0.2) is 12.5 Å². The second-order valence-corrected chi connectivity index (χ2v) is 5.85. The Bertz CT molecular complexity index is 190. The van der Waals surface area contributed by atoms with Gasteiger partial charge in [0.15, 0.2) is 0 Å². The summed E-state index contributed by atoms with van der Waals surface area (Å²) < 4.78 is 0. The van der Waals surface area contributed by atoms with Crippen LogP contribution in [0.4, 0.5) is 0 Å². The smallest absolute Gasteiger partial charge is 0.216 e. The summed E-state index contributed by atoms with van der Waals surface area (Å²) in [6, 6.07) is 0.